The lowest BCUT2D eigenvalue weighted by Gasteiger charge is -2.36. The van der Waals surface area contributed by atoms with E-state index >= 15 is 0 Å². The molecule has 0 heterocycles. The van der Waals surface area contributed by atoms with Gasteiger partial charge in [-0.25, -0.2) is 9.59 Å². The number of carbonyl (C=O) groups is 2. The molecule has 7 nitrogen and oxygen atoms in total. The predicted molar refractivity (Wildman–Crippen MR) is 104 cm³/mol. The predicted octanol–water partition coefficient (Wildman–Crippen LogP) is 3.53. The Kier molecular flexibility index (Phi) is 9.42. The van der Waals surface area contributed by atoms with Crippen LogP contribution < -0.4 is 10.6 Å². The first kappa shape index (κ1) is 24.5. The molecule has 0 spiro atoms. The summed E-state index contributed by atoms with van der Waals surface area (Å²) in [6, 6.07) is 0. The topological polar surface area (TPSA) is 79.9 Å². The standard InChI is InChI=1S/C19H39N3O4/c1-17(2,3)22(16(24)26-19(7,8)9)14-13-20-11-10-12-21-15(23)25-18(4,5)6/h20H,10-14H2,1-9H3,(H,21,23). The van der Waals surface area contributed by atoms with Gasteiger partial charge in [-0.05, 0) is 75.3 Å². The van der Waals surface area contributed by atoms with Gasteiger partial charge in [-0.15, -0.1) is 0 Å². The molecule has 0 radical (unpaired) electrons. The Balaban J connectivity index is 4.11. The summed E-state index contributed by atoms with van der Waals surface area (Å²) in [6.45, 7) is 19.5. The molecule has 0 aromatic heterocycles. The number of alkyl carbamates (subject to hydrolysis) is 1. The molecule has 7 heteroatoms. The summed E-state index contributed by atoms with van der Waals surface area (Å²) in [6.07, 6.45) is 0.0704. The van der Waals surface area contributed by atoms with E-state index in [1.807, 2.05) is 62.3 Å². The molecule has 26 heavy (non-hydrogen) atoms. The Hall–Kier alpha value is -1.50. The summed E-state index contributed by atoms with van der Waals surface area (Å²) >= 11 is 0. The van der Waals surface area contributed by atoms with Gasteiger partial charge in [0, 0.05) is 25.2 Å². The molecular weight excluding hydrogens is 334 g/mol. The second-order valence-corrected chi connectivity index (χ2v) is 9.34. The van der Waals surface area contributed by atoms with Gasteiger partial charge in [0.25, 0.3) is 0 Å². The van der Waals surface area contributed by atoms with Crippen LogP contribution in [0, 0.1) is 0 Å². The van der Waals surface area contributed by atoms with Crippen molar-refractivity contribution in [3.8, 4) is 0 Å². The van der Waals surface area contributed by atoms with Gasteiger partial charge in [0.2, 0.25) is 0 Å². The maximum absolute atomic E-state index is 12.4. The van der Waals surface area contributed by atoms with Crippen molar-refractivity contribution in [1.29, 1.82) is 0 Å². The van der Waals surface area contributed by atoms with E-state index in [-0.39, 0.29) is 11.6 Å². The monoisotopic (exact) mass is 373 g/mol. The van der Waals surface area contributed by atoms with E-state index < -0.39 is 17.3 Å². The summed E-state index contributed by atoms with van der Waals surface area (Å²) in [5, 5.41) is 6.01. The van der Waals surface area contributed by atoms with Crippen LogP contribution in [0.1, 0.15) is 68.7 Å². The molecule has 0 saturated carbocycles. The molecule has 2 amide bonds. The molecule has 2 N–H and O–H groups in total. The van der Waals surface area contributed by atoms with Crippen LogP contribution in [0.2, 0.25) is 0 Å². The number of carbonyl (C=O) groups excluding carboxylic acids is 2. The first-order valence-corrected chi connectivity index (χ1v) is 9.30. The van der Waals surface area contributed by atoms with Crippen molar-refractivity contribution in [3.05, 3.63) is 0 Å². The van der Waals surface area contributed by atoms with Crippen molar-refractivity contribution in [1.82, 2.24) is 15.5 Å². The van der Waals surface area contributed by atoms with Gasteiger partial charge in [0.1, 0.15) is 11.2 Å². The number of hydrogen-bond acceptors (Lipinski definition) is 5. The van der Waals surface area contributed by atoms with Gasteiger partial charge >= 0.3 is 12.2 Å². The number of rotatable bonds is 7. The maximum Gasteiger partial charge on any atom is 0.410 e. The van der Waals surface area contributed by atoms with Crippen LogP contribution in [0.4, 0.5) is 9.59 Å². The summed E-state index contributed by atoms with van der Waals surface area (Å²) in [5.41, 5.74) is -1.32. The van der Waals surface area contributed by atoms with Crippen LogP contribution in [0.15, 0.2) is 0 Å². The van der Waals surface area contributed by atoms with Crippen LogP contribution in [-0.4, -0.2) is 60.0 Å². The SMILES string of the molecule is CC(C)(C)OC(=O)NCCCNCCN(C(=O)OC(C)(C)C)C(C)(C)C. The second kappa shape index (κ2) is 10.00. The van der Waals surface area contributed by atoms with Gasteiger partial charge in [0.15, 0.2) is 0 Å². The lowest BCUT2D eigenvalue weighted by molar-refractivity contribution is 0.00660. The average molecular weight is 374 g/mol. The normalized spacial score (nSPS) is 12.5. The highest BCUT2D eigenvalue weighted by Crippen LogP contribution is 2.17. The Morgan fingerprint density at radius 2 is 1.35 bits per heavy atom. The summed E-state index contributed by atoms with van der Waals surface area (Å²) < 4.78 is 10.7. The minimum absolute atomic E-state index is 0.307. The fraction of sp³-hybridized carbons (Fsp3) is 0.895. The first-order valence-electron chi connectivity index (χ1n) is 9.30. The van der Waals surface area contributed by atoms with Crippen molar-refractivity contribution in [2.45, 2.75) is 85.5 Å². The molecule has 0 unspecified atom stereocenters. The van der Waals surface area contributed by atoms with Crippen molar-refractivity contribution in [3.63, 3.8) is 0 Å². The van der Waals surface area contributed by atoms with E-state index in [0.29, 0.717) is 19.6 Å². The zero-order chi connectivity index (χ0) is 20.6. The summed E-state index contributed by atoms with van der Waals surface area (Å²) in [5.74, 6) is 0. The molecule has 0 aromatic rings. The third-order valence-electron chi connectivity index (χ3n) is 3.13. The molecule has 0 aliphatic carbocycles. The van der Waals surface area contributed by atoms with Crippen LogP contribution >= 0.6 is 0 Å². The number of amides is 2. The number of nitrogens with zero attached hydrogens (tertiary/aromatic N) is 1. The number of ether oxygens (including phenoxy) is 2. The molecule has 0 rings (SSSR count). The molecule has 0 saturated heterocycles. The van der Waals surface area contributed by atoms with E-state index in [2.05, 4.69) is 10.6 Å². The van der Waals surface area contributed by atoms with Crippen LogP contribution in [-0.2, 0) is 9.47 Å². The minimum atomic E-state index is -0.513. The number of nitrogens with one attached hydrogen (secondary N) is 2. The fourth-order valence-corrected chi connectivity index (χ4v) is 2.05. The quantitative estimate of drug-likeness (QED) is 0.667. The molecule has 0 aromatic carbocycles. The molecule has 0 atom stereocenters. The average Bonchev–Trinajstić information content (AvgIpc) is 2.35. The molecule has 0 fully saturated rings. The highest BCUT2D eigenvalue weighted by Gasteiger charge is 2.30. The fourth-order valence-electron chi connectivity index (χ4n) is 2.05. The zero-order valence-corrected chi connectivity index (χ0v) is 18.1. The van der Waals surface area contributed by atoms with Crippen molar-refractivity contribution in [2.75, 3.05) is 26.2 Å². The summed E-state index contributed by atoms with van der Waals surface area (Å²) in [7, 11) is 0. The van der Waals surface area contributed by atoms with Crippen molar-refractivity contribution in [2.24, 2.45) is 0 Å². The van der Waals surface area contributed by atoms with E-state index in [1.54, 1.807) is 4.90 Å². The van der Waals surface area contributed by atoms with E-state index in [4.69, 9.17) is 9.47 Å². The van der Waals surface area contributed by atoms with Gasteiger partial charge < -0.3 is 25.0 Å². The Morgan fingerprint density at radius 1 is 0.808 bits per heavy atom. The van der Waals surface area contributed by atoms with Crippen molar-refractivity contribution < 1.29 is 19.1 Å². The van der Waals surface area contributed by atoms with E-state index in [9.17, 15) is 9.59 Å². The molecule has 154 valence electrons. The van der Waals surface area contributed by atoms with Crippen LogP contribution in [0.5, 0.6) is 0 Å². The Morgan fingerprint density at radius 3 is 1.81 bits per heavy atom. The Bertz CT molecular complexity index is 445. The maximum atomic E-state index is 12.4. The highest BCUT2D eigenvalue weighted by atomic mass is 16.6. The highest BCUT2D eigenvalue weighted by molar-refractivity contribution is 5.69. The van der Waals surface area contributed by atoms with Gasteiger partial charge in [-0.1, -0.05) is 0 Å². The molecule has 0 aliphatic rings. The third kappa shape index (κ3) is 12.8. The van der Waals surface area contributed by atoms with Gasteiger partial charge in [-0.3, -0.25) is 0 Å². The summed E-state index contributed by atoms with van der Waals surface area (Å²) in [4.78, 5) is 25.6. The molecular formula is C19H39N3O4. The second-order valence-electron chi connectivity index (χ2n) is 9.34. The minimum Gasteiger partial charge on any atom is -0.444 e. The van der Waals surface area contributed by atoms with E-state index in [0.717, 1.165) is 13.0 Å². The lowest BCUT2D eigenvalue weighted by Crippen LogP contribution is -2.50. The smallest absolute Gasteiger partial charge is 0.410 e. The number of hydrogen-bond donors (Lipinski definition) is 2. The van der Waals surface area contributed by atoms with Gasteiger partial charge in [-0.2, -0.15) is 0 Å². The lowest BCUT2D eigenvalue weighted by atomic mass is 10.1. The van der Waals surface area contributed by atoms with Crippen molar-refractivity contribution >= 4 is 12.2 Å². The van der Waals surface area contributed by atoms with Crippen LogP contribution in [0.3, 0.4) is 0 Å². The third-order valence-corrected chi connectivity index (χ3v) is 3.13. The zero-order valence-electron chi connectivity index (χ0n) is 18.1. The first-order chi connectivity index (χ1) is 11.6. The molecule has 0 bridgehead atoms. The molecule has 0 aliphatic heterocycles. The largest absolute Gasteiger partial charge is 0.444 e. The van der Waals surface area contributed by atoms with Crippen LogP contribution in [0.25, 0.3) is 0 Å². The van der Waals surface area contributed by atoms with Gasteiger partial charge in [0.05, 0.1) is 0 Å². The Labute approximate surface area is 159 Å². The van der Waals surface area contributed by atoms with E-state index in [1.165, 1.54) is 0 Å².